The first kappa shape index (κ1) is 16.3. The maximum Gasteiger partial charge on any atom is 0.0237 e. The van der Waals surface area contributed by atoms with Crippen molar-refractivity contribution in [3.8, 4) is 0 Å². The van der Waals surface area contributed by atoms with Gasteiger partial charge in [0, 0.05) is 19.6 Å². The second-order valence-corrected chi connectivity index (χ2v) is 6.70. The summed E-state index contributed by atoms with van der Waals surface area (Å²) in [5.41, 5.74) is 4.40. The Bertz CT molecular complexity index is 445. The van der Waals surface area contributed by atoms with E-state index in [-0.39, 0.29) is 0 Å². The maximum absolute atomic E-state index is 3.50. The quantitative estimate of drug-likeness (QED) is 0.608. The van der Waals surface area contributed by atoms with Crippen molar-refractivity contribution in [3.63, 3.8) is 0 Å². The first-order valence-corrected chi connectivity index (χ1v) is 8.30. The second-order valence-electron chi connectivity index (χ2n) is 6.70. The lowest BCUT2D eigenvalue weighted by Gasteiger charge is -2.25. The number of nitrogens with zero attached hydrogens (tertiary/aromatic N) is 1. The Balaban J connectivity index is 1.74. The van der Waals surface area contributed by atoms with E-state index in [1.54, 1.807) is 0 Å². The van der Waals surface area contributed by atoms with E-state index in [2.05, 4.69) is 61.3 Å². The number of nitrogens with one attached hydrogen (secondary N) is 1. The number of rotatable bonds is 7. The van der Waals surface area contributed by atoms with Crippen molar-refractivity contribution in [2.45, 2.75) is 40.2 Å². The highest BCUT2D eigenvalue weighted by atomic mass is 15.1. The minimum Gasteiger partial charge on any atom is -0.316 e. The summed E-state index contributed by atoms with van der Waals surface area (Å²) in [4.78, 5) is 2.52. The molecule has 0 aliphatic carbocycles. The third-order valence-electron chi connectivity index (χ3n) is 4.09. The molecule has 0 atom stereocenters. The molecule has 1 aromatic rings. The van der Waals surface area contributed by atoms with Crippen LogP contribution in [0.1, 0.15) is 38.3 Å². The number of hydrogen-bond donors (Lipinski definition) is 1. The van der Waals surface area contributed by atoms with Crippen LogP contribution in [0.2, 0.25) is 0 Å². The predicted octanol–water partition coefficient (Wildman–Crippen LogP) is 3.63. The third-order valence-corrected chi connectivity index (χ3v) is 4.09. The normalized spacial score (nSPS) is 16.3. The average Bonchev–Trinajstić information content (AvgIpc) is 2.47. The molecule has 21 heavy (non-hydrogen) atoms. The standard InChI is InChI=1S/C19H30N2/c1-16(2)14-20-11-8-18-4-6-19(7-5-18)15-21-12-9-17(3)10-13-21/h4-7,9,16,20H,8,10-15H2,1-3H3. The molecule has 0 bridgehead atoms. The van der Waals surface area contributed by atoms with Gasteiger partial charge in [-0.3, -0.25) is 4.90 Å². The van der Waals surface area contributed by atoms with Crippen LogP contribution in [0.3, 0.4) is 0 Å². The van der Waals surface area contributed by atoms with Gasteiger partial charge in [-0.05, 0) is 49.9 Å². The van der Waals surface area contributed by atoms with Crippen molar-refractivity contribution in [1.29, 1.82) is 0 Å². The molecule has 2 nitrogen and oxygen atoms in total. The highest BCUT2D eigenvalue weighted by Gasteiger charge is 2.09. The van der Waals surface area contributed by atoms with Crippen LogP contribution in [-0.4, -0.2) is 31.1 Å². The van der Waals surface area contributed by atoms with Gasteiger partial charge in [-0.15, -0.1) is 0 Å². The summed E-state index contributed by atoms with van der Waals surface area (Å²) in [5, 5.41) is 3.50. The Labute approximate surface area is 130 Å². The van der Waals surface area contributed by atoms with Crippen LogP contribution < -0.4 is 5.32 Å². The predicted molar refractivity (Wildman–Crippen MR) is 91.5 cm³/mol. The number of hydrogen-bond acceptors (Lipinski definition) is 2. The van der Waals surface area contributed by atoms with E-state index in [1.807, 2.05) is 0 Å². The maximum atomic E-state index is 3.50. The first-order valence-electron chi connectivity index (χ1n) is 8.30. The Morgan fingerprint density at radius 2 is 1.86 bits per heavy atom. The fourth-order valence-electron chi connectivity index (χ4n) is 2.65. The molecular formula is C19H30N2. The van der Waals surface area contributed by atoms with E-state index in [1.165, 1.54) is 29.7 Å². The van der Waals surface area contributed by atoms with Gasteiger partial charge < -0.3 is 5.32 Å². The summed E-state index contributed by atoms with van der Waals surface area (Å²) in [6.07, 6.45) is 4.70. The zero-order chi connectivity index (χ0) is 15.1. The van der Waals surface area contributed by atoms with Crippen molar-refractivity contribution in [2.75, 3.05) is 26.2 Å². The van der Waals surface area contributed by atoms with Gasteiger partial charge in [0.1, 0.15) is 0 Å². The molecular weight excluding hydrogens is 256 g/mol. The Hall–Kier alpha value is -1.12. The van der Waals surface area contributed by atoms with E-state index < -0.39 is 0 Å². The molecule has 116 valence electrons. The smallest absolute Gasteiger partial charge is 0.0237 e. The fraction of sp³-hybridized carbons (Fsp3) is 0.579. The van der Waals surface area contributed by atoms with Crippen LogP contribution in [0.15, 0.2) is 35.9 Å². The topological polar surface area (TPSA) is 15.3 Å². The molecule has 2 heteroatoms. The molecule has 0 spiro atoms. The van der Waals surface area contributed by atoms with Gasteiger partial charge in [0.25, 0.3) is 0 Å². The highest BCUT2D eigenvalue weighted by Crippen LogP contribution is 2.14. The van der Waals surface area contributed by atoms with Crippen molar-refractivity contribution in [3.05, 3.63) is 47.0 Å². The van der Waals surface area contributed by atoms with Crippen molar-refractivity contribution in [1.82, 2.24) is 10.2 Å². The fourth-order valence-corrected chi connectivity index (χ4v) is 2.65. The van der Waals surface area contributed by atoms with Crippen molar-refractivity contribution in [2.24, 2.45) is 5.92 Å². The Kier molecular flexibility index (Phi) is 6.47. The van der Waals surface area contributed by atoms with Crippen LogP contribution in [0, 0.1) is 5.92 Å². The lowest BCUT2D eigenvalue weighted by molar-refractivity contribution is 0.286. The van der Waals surface area contributed by atoms with Gasteiger partial charge in [0.15, 0.2) is 0 Å². The SMILES string of the molecule is CC1=CCN(Cc2ccc(CCNCC(C)C)cc2)CC1. The van der Waals surface area contributed by atoms with Crippen molar-refractivity contribution >= 4 is 0 Å². The summed E-state index contributed by atoms with van der Waals surface area (Å²) >= 11 is 0. The molecule has 1 aliphatic heterocycles. The third kappa shape index (κ3) is 6.03. The summed E-state index contributed by atoms with van der Waals surface area (Å²) in [7, 11) is 0. The first-order chi connectivity index (χ1) is 10.1. The van der Waals surface area contributed by atoms with Gasteiger partial charge >= 0.3 is 0 Å². The van der Waals surface area contributed by atoms with E-state index in [0.29, 0.717) is 0 Å². The molecule has 1 aliphatic rings. The summed E-state index contributed by atoms with van der Waals surface area (Å²) < 4.78 is 0. The van der Waals surface area contributed by atoms with Gasteiger partial charge in [-0.25, -0.2) is 0 Å². The monoisotopic (exact) mass is 286 g/mol. The zero-order valence-electron chi connectivity index (χ0n) is 13.9. The zero-order valence-corrected chi connectivity index (χ0v) is 13.9. The minimum absolute atomic E-state index is 0.731. The average molecular weight is 286 g/mol. The van der Waals surface area contributed by atoms with Crippen LogP contribution >= 0.6 is 0 Å². The van der Waals surface area contributed by atoms with Crippen LogP contribution in [0.5, 0.6) is 0 Å². The summed E-state index contributed by atoms with van der Waals surface area (Å²) in [6, 6.07) is 9.17. The van der Waals surface area contributed by atoms with Gasteiger partial charge in [0.2, 0.25) is 0 Å². The van der Waals surface area contributed by atoms with Crippen LogP contribution in [-0.2, 0) is 13.0 Å². The van der Waals surface area contributed by atoms with E-state index in [0.717, 1.165) is 38.5 Å². The molecule has 0 unspecified atom stereocenters. The summed E-state index contributed by atoms with van der Waals surface area (Å²) in [6.45, 7) is 12.3. The van der Waals surface area contributed by atoms with Crippen LogP contribution in [0.4, 0.5) is 0 Å². The largest absolute Gasteiger partial charge is 0.316 e. The molecule has 2 rings (SSSR count). The van der Waals surface area contributed by atoms with Gasteiger partial charge in [0.05, 0.1) is 0 Å². The molecule has 1 heterocycles. The lowest BCUT2D eigenvalue weighted by Crippen LogP contribution is -2.27. The second kappa shape index (κ2) is 8.35. The minimum atomic E-state index is 0.731. The molecule has 0 radical (unpaired) electrons. The lowest BCUT2D eigenvalue weighted by atomic mass is 10.1. The van der Waals surface area contributed by atoms with E-state index in [9.17, 15) is 0 Å². The molecule has 1 aromatic carbocycles. The van der Waals surface area contributed by atoms with Crippen LogP contribution in [0.25, 0.3) is 0 Å². The van der Waals surface area contributed by atoms with E-state index in [4.69, 9.17) is 0 Å². The Morgan fingerprint density at radius 1 is 1.14 bits per heavy atom. The summed E-state index contributed by atoms with van der Waals surface area (Å²) in [5.74, 6) is 0.731. The molecule has 0 saturated carbocycles. The Morgan fingerprint density at radius 3 is 2.48 bits per heavy atom. The molecule has 0 fully saturated rings. The van der Waals surface area contributed by atoms with E-state index >= 15 is 0 Å². The molecule has 0 amide bonds. The number of benzene rings is 1. The van der Waals surface area contributed by atoms with Crippen molar-refractivity contribution < 1.29 is 0 Å². The highest BCUT2D eigenvalue weighted by molar-refractivity contribution is 5.23. The molecule has 0 saturated heterocycles. The van der Waals surface area contributed by atoms with Gasteiger partial charge in [-0.1, -0.05) is 49.8 Å². The molecule has 1 N–H and O–H groups in total. The van der Waals surface area contributed by atoms with Gasteiger partial charge in [-0.2, -0.15) is 0 Å². The molecule has 0 aromatic heterocycles.